The minimum absolute atomic E-state index is 0.176. The predicted octanol–water partition coefficient (Wildman–Crippen LogP) is 13.5. The van der Waals surface area contributed by atoms with E-state index in [2.05, 4.69) is 64.0 Å². The Kier molecular flexibility index (Phi) is 29.6. The van der Waals surface area contributed by atoms with Crippen molar-refractivity contribution in [3.05, 3.63) is 295 Å². The van der Waals surface area contributed by atoms with E-state index in [4.69, 9.17) is 65.1 Å². The molecule has 29 heteroatoms. The van der Waals surface area contributed by atoms with E-state index in [0.717, 1.165) is 54.6 Å². The molecule has 0 bridgehead atoms. The number of hydrogen-bond acceptors (Lipinski definition) is 16. The first-order chi connectivity index (χ1) is 51.5. The van der Waals surface area contributed by atoms with Crippen molar-refractivity contribution in [1.82, 2.24) is 39.5 Å². The number of fused-ring (bicyclic) bond motifs is 4. The van der Waals surface area contributed by atoms with Gasteiger partial charge in [0, 0.05) is 75.5 Å². The highest BCUT2D eigenvalue weighted by Gasteiger charge is 2.21. The van der Waals surface area contributed by atoms with Crippen molar-refractivity contribution in [1.29, 1.82) is 0 Å². The van der Waals surface area contributed by atoms with Crippen molar-refractivity contribution in [2.24, 2.45) is 11.5 Å². The first-order valence-corrected chi connectivity index (χ1v) is 35.4. The highest BCUT2D eigenvalue weighted by Crippen LogP contribution is 2.35. The number of carbonyl (C=O) groups is 4. The number of nitrogens with zero attached hydrogens (tertiary/aromatic N) is 7. The van der Waals surface area contributed by atoms with Gasteiger partial charge >= 0.3 is 7.12 Å². The van der Waals surface area contributed by atoms with E-state index in [1.54, 1.807) is 178 Å². The molecule has 107 heavy (non-hydrogen) atoms. The second kappa shape index (κ2) is 39.0. The van der Waals surface area contributed by atoms with Crippen LogP contribution >= 0.6 is 61.7 Å². The number of nitrogens with two attached hydrogens (primary N) is 2. The van der Waals surface area contributed by atoms with Crippen LogP contribution in [-0.4, -0.2) is 139 Å². The monoisotopic (exact) mass is 1670 g/mol. The third-order valence-electron chi connectivity index (χ3n) is 16.4. The summed E-state index contributed by atoms with van der Waals surface area (Å²) < 4.78 is 58.0. The molecule has 15 rings (SSSR count). The topological polar surface area (TPSA) is 324 Å². The number of ketones is 4. The molecule has 4 aromatic heterocycles. The number of aromatic nitrogens is 8. The molecule has 10 aromatic carbocycles. The van der Waals surface area contributed by atoms with E-state index in [1.165, 1.54) is 61.4 Å². The fraction of sp³-hybridized carbons (Fsp3) is 0.128. The quantitative estimate of drug-likeness (QED) is 0.0224. The lowest BCUT2D eigenvalue weighted by Gasteiger charge is -2.24. The number of aliphatic hydroxyl groups is 4. The molecule has 548 valence electrons. The largest absolute Gasteiger partial charge is 0.489 e. The number of nitrogens with one attached hydrogen (secondary N) is 1. The summed E-state index contributed by atoms with van der Waals surface area (Å²) in [5, 5.41) is 77.3. The van der Waals surface area contributed by atoms with E-state index in [-0.39, 0.29) is 58.5 Å². The van der Waals surface area contributed by atoms with Gasteiger partial charge in [0.15, 0.2) is 23.1 Å². The molecular weight excluding hydrogens is 1600 g/mol. The van der Waals surface area contributed by atoms with E-state index in [9.17, 15) is 36.7 Å². The molecule has 14 aromatic rings. The van der Waals surface area contributed by atoms with Gasteiger partial charge in [0.05, 0.1) is 56.5 Å². The summed E-state index contributed by atoms with van der Waals surface area (Å²) in [6.07, 6.45) is 8.15. The second-order valence-corrected chi connectivity index (χ2v) is 26.4. The van der Waals surface area contributed by atoms with Gasteiger partial charge in [-0.3, -0.25) is 24.3 Å². The van der Waals surface area contributed by atoms with Crippen LogP contribution in [0.15, 0.2) is 235 Å². The Morgan fingerprint density at radius 1 is 0.495 bits per heavy atom. The first kappa shape index (κ1) is 81.1. The van der Waals surface area contributed by atoms with Crippen molar-refractivity contribution in [3.8, 4) is 28.3 Å². The zero-order chi connectivity index (χ0) is 76.8. The lowest BCUT2D eigenvalue weighted by Crippen LogP contribution is -2.43. The molecule has 0 spiro atoms. The molecule has 0 saturated heterocycles. The molecule has 20 nitrogen and oxygen atoms in total. The maximum atomic E-state index is 13.3. The average molecular weight is 1670 g/mol. The smallest absolute Gasteiger partial charge is 0.423 e. The molecule has 4 heterocycles. The maximum absolute atomic E-state index is 13.3. The number of H-pyrrole nitrogens is 1. The summed E-state index contributed by atoms with van der Waals surface area (Å²) in [5.74, 6) is -2.55. The molecule has 1 aliphatic carbocycles. The van der Waals surface area contributed by atoms with Crippen LogP contribution in [0.1, 0.15) is 67.1 Å². The van der Waals surface area contributed by atoms with Crippen LogP contribution < -0.4 is 16.9 Å². The molecule has 0 amide bonds. The van der Waals surface area contributed by atoms with Crippen LogP contribution in [0.5, 0.6) is 0 Å². The van der Waals surface area contributed by atoms with Gasteiger partial charge in [0.25, 0.3) is 0 Å². The lowest BCUT2D eigenvalue weighted by molar-refractivity contribution is 0.0898. The summed E-state index contributed by atoms with van der Waals surface area (Å²) >= 11 is 17.5. The second-order valence-electron chi connectivity index (χ2n) is 23.6. The maximum Gasteiger partial charge on any atom is 0.489 e. The molecule has 0 radical (unpaired) electrons. The average Bonchev–Trinajstić information content (AvgIpc) is 1.62. The Balaban J connectivity index is 0.000000151. The summed E-state index contributed by atoms with van der Waals surface area (Å²) in [5.41, 5.74) is 19.7. The predicted molar refractivity (Wildman–Crippen MR) is 418 cm³/mol. The molecule has 0 unspecified atom stereocenters. The van der Waals surface area contributed by atoms with Crippen molar-refractivity contribution in [2.75, 3.05) is 26.4 Å². The summed E-state index contributed by atoms with van der Waals surface area (Å²) in [7, 11) is -1.48. The minimum Gasteiger partial charge on any atom is -0.423 e. The molecule has 2 atom stereocenters. The summed E-state index contributed by atoms with van der Waals surface area (Å²) in [6, 6.07) is 59.0. The van der Waals surface area contributed by atoms with Crippen LogP contribution in [0.4, 0.5) is 17.6 Å². The van der Waals surface area contributed by atoms with Crippen molar-refractivity contribution >= 4 is 141 Å². The first-order valence-electron chi connectivity index (χ1n) is 32.7. The van der Waals surface area contributed by atoms with Gasteiger partial charge in [-0.05, 0) is 197 Å². The molecule has 0 aliphatic heterocycles. The Hall–Kier alpha value is -9.99. The lowest BCUT2D eigenvalue weighted by atomic mass is 9.80. The van der Waals surface area contributed by atoms with Gasteiger partial charge < -0.3 is 41.9 Å². The molecule has 1 aliphatic rings. The Morgan fingerprint density at radius 3 is 1.36 bits per heavy atom. The van der Waals surface area contributed by atoms with Crippen LogP contribution in [0.3, 0.4) is 0 Å². The number of halogens is 8. The highest BCUT2D eigenvalue weighted by atomic mass is 127. The van der Waals surface area contributed by atoms with Gasteiger partial charge in [0.1, 0.15) is 60.0 Å². The SMILES string of the molecule is Fc1ccc(I)cc1.N[C@H]1CCCC[C@@H]1N.O=C(CO)c1ccc2c(-c3ccccc3Cl)nn(-c3ccc(F)cc3)c2c1.O=C(CO)c1ccc2c(Br)nn(-c3ccc(F)cc3)c2c1.O=C(CO)c1ccc2cn[nH]c2c1.O=C(CO)c1ccc2cnn(-c3ccc(F)cc3)c2c1.OB(O)c1ccccc1Cl. The van der Waals surface area contributed by atoms with E-state index in [1.807, 2.05) is 18.2 Å². The fourth-order valence-corrected chi connectivity index (χ4v) is 12.0. The van der Waals surface area contributed by atoms with Crippen LogP contribution in [0.25, 0.3) is 71.9 Å². The molecule has 11 N–H and O–H groups in total. The van der Waals surface area contributed by atoms with Gasteiger partial charge in [-0.25, -0.2) is 31.6 Å². The summed E-state index contributed by atoms with van der Waals surface area (Å²) in [6.45, 7) is -2.11. The van der Waals surface area contributed by atoms with Crippen molar-refractivity contribution < 1.29 is 67.2 Å². The molecule has 1 saturated carbocycles. The van der Waals surface area contributed by atoms with Crippen LogP contribution in [-0.2, 0) is 0 Å². The minimum atomic E-state index is -1.48. The van der Waals surface area contributed by atoms with Crippen LogP contribution in [0, 0.1) is 26.8 Å². The highest BCUT2D eigenvalue weighted by molar-refractivity contribution is 14.1. The standard InChI is InChI=1S/C21H14ClFN2O2.C15H10BrFN2O2.C15H11FN2O2.C9H8N2O2.C6H6BClO2.C6H4FI.C6H14N2/c22-18-4-2-1-3-16(18)21-17-10-5-13(20(27)12-26)11-19(17)25(24-21)15-8-6-14(23)7-9-15;16-15-12-6-1-9(14(21)8-20)7-13(12)19(18-15)11-4-2-10(17)3-5-11;16-12-3-5-13(6-4-12)18-14-7-10(15(20)9-19)1-2-11(14)8-17-18;12-5-9(13)6-1-2-7-4-10-11-8(7)3-6;8-6-4-2-1-3-5(6)7(9)10;7-5-1-3-6(8)4-2-5;7-5-3-1-2-4-6(5)8/h1-11,26H,12H2;1-7,20H,8H2;1-8,19H,9H2;1-4,12H,5H2,(H,10,11);1-4,9-10H;1-4H;5-6H,1-4,7-8H2/t;;;;;;5-,6-/m......0/s1. The van der Waals surface area contributed by atoms with Crippen molar-refractivity contribution in [3.63, 3.8) is 0 Å². The Labute approximate surface area is 641 Å². The number of Topliss-reactive ketones (excluding diaryl/α,β-unsaturated/α-hetero) is 4. The number of benzene rings is 10. The number of aromatic amines is 1. The molecule has 1 fully saturated rings. The zero-order valence-corrected chi connectivity index (χ0v) is 61.7. The van der Waals surface area contributed by atoms with Crippen LogP contribution in [0.2, 0.25) is 10.0 Å². The Morgan fingerprint density at radius 2 is 0.907 bits per heavy atom. The fourth-order valence-electron chi connectivity index (χ4n) is 10.7. The van der Waals surface area contributed by atoms with Gasteiger partial charge in [0.2, 0.25) is 0 Å². The van der Waals surface area contributed by atoms with Gasteiger partial charge in [-0.2, -0.15) is 20.4 Å². The number of hydrogen-bond donors (Lipinski definition) is 9. The van der Waals surface area contributed by atoms with Crippen molar-refractivity contribution in [2.45, 2.75) is 37.8 Å². The van der Waals surface area contributed by atoms with Gasteiger partial charge in [-0.1, -0.05) is 109 Å². The number of rotatable bonds is 13. The van der Waals surface area contributed by atoms with Gasteiger partial charge in [-0.15, -0.1) is 0 Å². The normalized spacial score (nSPS) is 12.8. The number of aliphatic hydroxyl groups excluding tert-OH is 4. The van der Waals surface area contributed by atoms with E-state index in [0.29, 0.717) is 76.2 Å². The number of carbonyl (C=O) groups excluding carboxylic acids is 4. The Bertz CT molecular complexity index is 5340. The summed E-state index contributed by atoms with van der Waals surface area (Å²) in [4.78, 5) is 46.2. The van der Waals surface area contributed by atoms with E-state index >= 15 is 0 Å². The zero-order valence-electron chi connectivity index (χ0n) is 56.5. The third-order valence-corrected chi connectivity index (χ3v) is 18.4. The van der Waals surface area contributed by atoms with E-state index < -0.39 is 33.5 Å². The third kappa shape index (κ3) is 21.6. The molecular formula is C78H67BBrCl2F4IN10O10.